The third kappa shape index (κ3) is 5.86. The van der Waals surface area contributed by atoms with E-state index in [9.17, 15) is 4.79 Å². The van der Waals surface area contributed by atoms with Crippen molar-refractivity contribution < 1.29 is 4.79 Å². The van der Waals surface area contributed by atoms with Crippen LogP contribution in [0.3, 0.4) is 0 Å². The summed E-state index contributed by atoms with van der Waals surface area (Å²) in [6.07, 6.45) is 0.872. The first kappa shape index (κ1) is 18.9. The molecule has 7 heteroatoms. The van der Waals surface area contributed by atoms with Gasteiger partial charge in [-0.15, -0.1) is 11.3 Å². The molecule has 1 amide bonds. The molecular formula is C18H25N5OS. The number of amides is 1. The molecule has 134 valence electrons. The van der Waals surface area contributed by atoms with E-state index >= 15 is 0 Å². The van der Waals surface area contributed by atoms with Crippen molar-refractivity contribution in [1.29, 1.82) is 0 Å². The molecule has 0 atom stereocenters. The van der Waals surface area contributed by atoms with Gasteiger partial charge in [0.25, 0.3) is 0 Å². The van der Waals surface area contributed by atoms with Crippen molar-refractivity contribution in [2.75, 3.05) is 13.1 Å². The van der Waals surface area contributed by atoms with Crippen LogP contribution in [0.4, 0.5) is 0 Å². The topological polar surface area (TPSA) is 92.4 Å². The van der Waals surface area contributed by atoms with Crippen LogP contribution in [0, 0.1) is 13.8 Å². The van der Waals surface area contributed by atoms with Crippen molar-refractivity contribution in [3.05, 3.63) is 51.0 Å². The zero-order chi connectivity index (χ0) is 18.2. The highest BCUT2D eigenvalue weighted by molar-refractivity contribution is 7.11. The molecule has 0 saturated heterocycles. The van der Waals surface area contributed by atoms with Crippen LogP contribution in [0.15, 0.2) is 29.3 Å². The van der Waals surface area contributed by atoms with Crippen molar-refractivity contribution in [1.82, 2.24) is 15.6 Å². The summed E-state index contributed by atoms with van der Waals surface area (Å²) in [5.74, 6) is 0.351. The monoisotopic (exact) mass is 359 g/mol. The second kappa shape index (κ2) is 9.17. The van der Waals surface area contributed by atoms with Gasteiger partial charge in [-0.25, -0.2) is 9.98 Å². The smallest absolute Gasteiger partial charge is 0.248 e. The number of hydrogen-bond donors (Lipinski definition) is 3. The largest absolute Gasteiger partial charge is 0.366 e. The van der Waals surface area contributed by atoms with E-state index in [-0.39, 0.29) is 0 Å². The summed E-state index contributed by atoms with van der Waals surface area (Å²) in [4.78, 5) is 21.5. The van der Waals surface area contributed by atoms with Crippen LogP contribution >= 0.6 is 11.3 Å². The minimum absolute atomic E-state index is 0.419. The van der Waals surface area contributed by atoms with Crippen molar-refractivity contribution in [2.24, 2.45) is 10.7 Å². The van der Waals surface area contributed by atoms with Crippen LogP contribution in [0.1, 0.15) is 38.4 Å². The fourth-order valence-electron chi connectivity index (χ4n) is 2.22. The number of primary amides is 1. The average molecular weight is 359 g/mol. The van der Waals surface area contributed by atoms with Crippen LogP contribution in [-0.2, 0) is 13.0 Å². The van der Waals surface area contributed by atoms with Gasteiger partial charge in [0.05, 0.1) is 17.2 Å². The van der Waals surface area contributed by atoms with Gasteiger partial charge in [0, 0.05) is 30.0 Å². The number of aromatic nitrogens is 1. The number of aliphatic imine (C=N–C) groups is 1. The summed E-state index contributed by atoms with van der Waals surface area (Å²) >= 11 is 1.74. The molecule has 2 rings (SSSR count). The quantitative estimate of drug-likeness (QED) is 0.522. The summed E-state index contributed by atoms with van der Waals surface area (Å²) in [7, 11) is 0. The van der Waals surface area contributed by atoms with E-state index in [0.29, 0.717) is 12.1 Å². The number of benzene rings is 1. The Hall–Kier alpha value is -2.41. The molecule has 0 bridgehead atoms. The van der Waals surface area contributed by atoms with Crippen LogP contribution in [0.25, 0.3) is 0 Å². The van der Waals surface area contributed by atoms with Gasteiger partial charge in [0.1, 0.15) is 0 Å². The molecule has 0 radical (unpaired) electrons. The Labute approximate surface area is 152 Å². The normalized spacial score (nSPS) is 11.4. The Morgan fingerprint density at radius 3 is 2.52 bits per heavy atom. The third-order valence-electron chi connectivity index (χ3n) is 3.71. The molecule has 6 nitrogen and oxygen atoms in total. The van der Waals surface area contributed by atoms with E-state index in [1.165, 1.54) is 4.88 Å². The molecule has 0 aliphatic heterocycles. The predicted molar refractivity (Wildman–Crippen MR) is 103 cm³/mol. The Balaban J connectivity index is 1.89. The Morgan fingerprint density at radius 1 is 1.24 bits per heavy atom. The zero-order valence-corrected chi connectivity index (χ0v) is 15.7. The number of nitrogens with zero attached hydrogens (tertiary/aromatic N) is 2. The lowest BCUT2D eigenvalue weighted by Gasteiger charge is -2.10. The van der Waals surface area contributed by atoms with Crippen LogP contribution in [0.2, 0.25) is 0 Å². The zero-order valence-electron chi connectivity index (χ0n) is 14.9. The molecule has 0 spiro atoms. The highest BCUT2D eigenvalue weighted by atomic mass is 32.1. The molecule has 4 N–H and O–H groups in total. The van der Waals surface area contributed by atoms with Gasteiger partial charge in [-0.05, 0) is 38.5 Å². The molecule has 25 heavy (non-hydrogen) atoms. The second-order valence-corrected chi connectivity index (χ2v) is 6.97. The molecule has 1 aromatic heterocycles. The van der Waals surface area contributed by atoms with Gasteiger partial charge in [-0.1, -0.05) is 12.1 Å². The highest BCUT2D eigenvalue weighted by Gasteiger charge is 2.04. The highest BCUT2D eigenvalue weighted by Crippen LogP contribution is 2.16. The van der Waals surface area contributed by atoms with Crippen molar-refractivity contribution in [3.63, 3.8) is 0 Å². The number of guanidine groups is 1. The van der Waals surface area contributed by atoms with Gasteiger partial charge < -0.3 is 16.4 Å². The summed E-state index contributed by atoms with van der Waals surface area (Å²) < 4.78 is 0. The molecular weight excluding hydrogens is 334 g/mol. The van der Waals surface area contributed by atoms with Gasteiger partial charge >= 0.3 is 0 Å². The minimum atomic E-state index is -0.419. The van der Waals surface area contributed by atoms with Crippen LogP contribution < -0.4 is 16.4 Å². The molecule has 0 saturated carbocycles. The maximum atomic E-state index is 11.1. The average Bonchev–Trinajstić information content (AvgIpc) is 2.91. The summed E-state index contributed by atoms with van der Waals surface area (Å²) in [6.45, 7) is 8.27. The van der Waals surface area contributed by atoms with Crippen LogP contribution in [0.5, 0.6) is 0 Å². The maximum Gasteiger partial charge on any atom is 0.248 e. The number of aryl methyl sites for hydroxylation is 2. The SMILES string of the molecule is CCNC(=NCc1ccc(C(N)=O)cc1)NCCc1nc(C)c(C)s1. The Kier molecular flexibility index (Phi) is 6.94. The number of nitrogens with two attached hydrogens (primary N) is 1. The number of rotatable bonds is 7. The number of carbonyl (C=O) groups is 1. The fourth-order valence-corrected chi connectivity index (χ4v) is 3.15. The van der Waals surface area contributed by atoms with E-state index in [0.717, 1.165) is 41.7 Å². The first-order valence-corrected chi connectivity index (χ1v) is 9.15. The summed E-state index contributed by atoms with van der Waals surface area (Å²) in [5, 5.41) is 7.70. The number of carbonyl (C=O) groups excluding carboxylic acids is 1. The molecule has 0 aliphatic carbocycles. The van der Waals surface area contributed by atoms with Crippen molar-refractivity contribution >= 4 is 23.2 Å². The fraction of sp³-hybridized carbons (Fsp3) is 0.389. The van der Waals surface area contributed by atoms with Gasteiger partial charge in [-0.2, -0.15) is 0 Å². The standard InChI is InChI=1S/C18H25N5OS/c1-4-20-18(21-10-9-16-23-12(2)13(3)25-16)22-11-14-5-7-15(8-6-14)17(19)24/h5-8H,4,9-11H2,1-3H3,(H2,19,24)(H2,20,21,22). The number of hydrogen-bond acceptors (Lipinski definition) is 4. The molecule has 0 fully saturated rings. The molecule has 1 aromatic carbocycles. The van der Waals surface area contributed by atoms with Gasteiger partial charge in [-0.3, -0.25) is 4.79 Å². The first-order chi connectivity index (χ1) is 12.0. The lowest BCUT2D eigenvalue weighted by molar-refractivity contribution is 0.100. The minimum Gasteiger partial charge on any atom is -0.366 e. The predicted octanol–water partition coefficient (Wildman–Crippen LogP) is 2.16. The Morgan fingerprint density at radius 2 is 1.96 bits per heavy atom. The number of thiazole rings is 1. The van der Waals surface area contributed by atoms with E-state index < -0.39 is 5.91 Å². The van der Waals surface area contributed by atoms with Gasteiger partial charge in [0.15, 0.2) is 5.96 Å². The third-order valence-corrected chi connectivity index (χ3v) is 4.84. The van der Waals surface area contributed by atoms with Crippen LogP contribution in [-0.4, -0.2) is 29.9 Å². The van der Waals surface area contributed by atoms with E-state index in [1.807, 2.05) is 26.0 Å². The van der Waals surface area contributed by atoms with Crippen molar-refractivity contribution in [2.45, 2.75) is 33.7 Å². The van der Waals surface area contributed by atoms with E-state index in [2.05, 4.69) is 27.5 Å². The van der Waals surface area contributed by atoms with Gasteiger partial charge in [0.2, 0.25) is 5.91 Å². The van der Waals surface area contributed by atoms with Crippen molar-refractivity contribution in [3.8, 4) is 0 Å². The first-order valence-electron chi connectivity index (χ1n) is 8.33. The maximum absolute atomic E-state index is 11.1. The molecule has 0 unspecified atom stereocenters. The molecule has 0 aliphatic rings. The lowest BCUT2D eigenvalue weighted by Crippen LogP contribution is -2.38. The second-order valence-electron chi connectivity index (χ2n) is 5.68. The van der Waals surface area contributed by atoms with E-state index in [4.69, 9.17) is 5.73 Å². The number of nitrogens with one attached hydrogen (secondary N) is 2. The molecule has 1 heterocycles. The van der Waals surface area contributed by atoms with E-state index in [1.54, 1.807) is 23.5 Å². The Bertz CT molecular complexity index is 717. The summed E-state index contributed by atoms with van der Waals surface area (Å²) in [6, 6.07) is 7.18. The molecule has 2 aromatic rings. The lowest BCUT2D eigenvalue weighted by atomic mass is 10.1. The summed E-state index contributed by atoms with van der Waals surface area (Å²) in [5.41, 5.74) is 7.89.